The van der Waals surface area contributed by atoms with Crippen LogP contribution in [0.5, 0.6) is 0 Å². The minimum atomic E-state index is 0.406. The molecule has 0 fully saturated rings. The van der Waals surface area contributed by atoms with Gasteiger partial charge in [0.15, 0.2) is 5.13 Å². The Bertz CT molecular complexity index is 584. The van der Waals surface area contributed by atoms with Crippen LogP contribution in [0.3, 0.4) is 0 Å². The van der Waals surface area contributed by atoms with Crippen molar-refractivity contribution in [3.05, 3.63) is 32.5 Å². The molecule has 0 saturated heterocycles. The molecule has 6 heteroatoms. The molecule has 1 aliphatic heterocycles. The van der Waals surface area contributed by atoms with Gasteiger partial charge in [-0.25, -0.2) is 4.98 Å². The molecule has 2 aromatic rings. The summed E-state index contributed by atoms with van der Waals surface area (Å²) in [4.78, 5) is 10.1. The first kappa shape index (κ1) is 15.0. The fourth-order valence-electron chi connectivity index (χ4n) is 2.81. The van der Waals surface area contributed by atoms with Crippen molar-refractivity contribution in [2.24, 2.45) is 0 Å². The normalized spacial score (nSPS) is 18.0. The van der Waals surface area contributed by atoms with Crippen LogP contribution in [0.1, 0.15) is 34.0 Å². The zero-order valence-corrected chi connectivity index (χ0v) is 14.3. The van der Waals surface area contributed by atoms with Crippen molar-refractivity contribution in [2.45, 2.75) is 32.5 Å². The Labute approximate surface area is 133 Å². The maximum Gasteiger partial charge on any atom is 0.186 e. The van der Waals surface area contributed by atoms with Gasteiger partial charge in [-0.05, 0) is 37.4 Å². The first-order valence-electron chi connectivity index (χ1n) is 7.19. The van der Waals surface area contributed by atoms with Crippen molar-refractivity contribution in [2.75, 3.05) is 25.6 Å². The fraction of sp³-hybridized carbons (Fsp3) is 0.533. The zero-order chi connectivity index (χ0) is 14.8. The number of anilines is 1. The van der Waals surface area contributed by atoms with Crippen molar-refractivity contribution in [3.8, 4) is 0 Å². The average molecular weight is 323 g/mol. The van der Waals surface area contributed by atoms with Crippen LogP contribution in [0, 0.1) is 0 Å². The van der Waals surface area contributed by atoms with Gasteiger partial charge in [0.05, 0.1) is 18.3 Å². The van der Waals surface area contributed by atoms with Crippen LogP contribution in [-0.4, -0.2) is 25.7 Å². The van der Waals surface area contributed by atoms with Crippen molar-refractivity contribution in [3.63, 3.8) is 0 Å². The number of ether oxygens (including phenoxy) is 1. The Morgan fingerprint density at radius 1 is 1.52 bits per heavy atom. The molecule has 21 heavy (non-hydrogen) atoms. The minimum Gasteiger partial charge on any atom is -0.378 e. The third-order valence-electron chi connectivity index (χ3n) is 3.91. The molecule has 0 amide bonds. The Balaban J connectivity index is 1.88. The summed E-state index contributed by atoms with van der Waals surface area (Å²) < 4.78 is 5.29. The SMILES string of the molecule is CNCc1sc(N2CCc3sccc3C2C)nc1COC. The van der Waals surface area contributed by atoms with E-state index in [0.717, 1.165) is 30.3 Å². The first-order valence-corrected chi connectivity index (χ1v) is 8.89. The summed E-state index contributed by atoms with van der Waals surface area (Å²) in [7, 11) is 3.69. The van der Waals surface area contributed by atoms with E-state index in [2.05, 4.69) is 28.6 Å². The summed E-state index contributed by atoms with van der Waals surface area (Å²) in [5, 5.41) is 6.55. The van der Waals surface area contributed by atoms with Crippen LogP contribution >= 0.6 is 22.7 Å². The van der Waals surface area contributed by atoms with E-state index >= 15 is 0 Å². The van der Waals surface area contributed by atoms with Gasteiger partial charge in [0.25, 0.3) is 0 Å². The van der Waals surface area contributed by atoms with Gasteiger partial charge in [0.2, 0.25) is 0 Å². The second-order valence-electron chi connectivity index (χ2n) is 5.25. The van der Waals surface area contributed by atoms with E-state index in [4.69, 9.17) is 9.72 Å². The zero-order valence-electron chi connectivity index (χ0n) is 12.7. The van der Waals surface area contributed by atoms with Crippen molar-refractivity contribution in [1.29, 1.82) is 0 Å². The van der Waals surface area contributed by atoms with E-state index in [0.29, 0.717) is 12.6 Å². The molecule has 3 rings (SSSR count). The van der Waals surface area contributed by atoms with Crippen LogP contribution in [0.15, 0.2) is 11.4 Å². The molecule has 4 nitrogen and oxygen atoms in total. The van der Waals surface area contributed by atoms with Crippen LogP contribution in [0.4, 0.5) is 5.13 Å². The van der Waals surface area contributed by atoms with Gasteiger partial charge in [-0.3, -0.25) is 0 Å². The van der Waals surface area contributed by atoms with E-state index in [9.17, 15) is 0 Å². The topological polar surface area (TPSA) is 37.4 Å². The number of aromatic nitrogens is 1. The summed E-state index contributed by atoms with van der Waals surface area (Å²) in [6, 6.07) is 2.67. The first-order chi connectivity index (χ1) is 10.2. The average Bonchev–Trinajstić information content (AvgIpc) is 3.08. The molecule has 0 aromatic carbocycles. The smallest absolute Gasteiger partial charge is 0.186 e. The van der Waals surface area contributed by atoms with Crippen LogP contribution in [-0.2, 0) is 24.3 Å². The summed E-state index contributed by atoms with van der Waals surface area (Å²) in [6.07, 6.45) is 1.12. The van der Waals surface area contributed by atoms with Gasteiger partial charge in [-0.15, -0.1) is 22.7 Å². The summed E-state index contributed by atoms with van der Waals surface area (Å²) >= 11 is 3.66. The molecule has 0 bridgehead atoms. The molecular formula is C15H21N3OS2. The lowest BCUT2D eigenvalue weighted by molar-refractivity contribution is 0.181. The molecule has 0 radical (unpaired) electrons. The van der Waals surface area contributed by atoms with Gasteiger partial charge in [0.1, 0.15) is 0 Å². The number of rotatable bonds is 5. The van der Waals surface area contributed by atoms with Gasteiger partial charge < -0.3 is 15.0 Å². The highest BCUT2D eigenvalue weighted by atomic mass is 32.1. The Morgan fingerprint density at radius 2 is 2.38 bits per heavy atom. The molecule has 1 unspecified atom stereocenters. The largest absolute Gasteiger partial charge is 0.378 e. The molecule has 114 valence electrons. The molecule has 0 saturated carbocycles. The maximum atomic E-state index is 5.29. The number of methoxy groups -OCH3 is 1. The highest BCUT2D eigenvalue weighted by molar-refractivity contribution is 7.15. The molecule has 1 aliphatic rings. The summed E-state index contributed by atoms with van der Waals surface area (Å²) in [6.45, 7) is 4.76. The predicted molar refractivity (Wildman–Crippen MR) is 89.4 cm³/mol. The molecule has 0 spiro atoms. The third-order valence-corrected chi connectivity index (χ3v) is 6.04. The molecule has 0 aliphatic carbocycles. The van der Waals surface area contributed by atoms with Crippen LogP contribution < -0.4 is 10.2 Å². The Kier molecular flexibility index (Phi) is 4.59. The number of thiazole rings is 1. The molecule has 3 heterocycles. The van der Waals surface area contributed by atoms with E-state index in [1.54, 1.807) is 18.4 Å². The van der Waals surface area contributed by atoms with Gasteiger partial charge >= 0.3 is 0 Å². The van der Waals surface area contributed by atoms with Gasteiger partial charge in [-0.2, -0.15) is 0 Å². The predicted octanol–water partition coefficient (Wildman–Crippen LogP) is 3.19. The van der Waals surface area contributed by atoms with Crippen molar-refractivity contribution >= 4 is 27.8 Å². The number of nitrogens with one attached hydrogen (secondary N) is 1. The lowest BCUT2D eigenvalue weighted by atomic mass is 10.0. The molecule has 1 atom stereocenters. The number of nitrogens with zero attached hydrogens (tertiary/aromatic N) is 2. The lowest BCUT2D eigenvalue weighted by Crippen LogP contribution is -2.32. The van der Waals surface area contributed by atoms with E-state index in [1.807, 2.05) is 18.4 Å². The van der Waals surface area contributed by atoms with E-state index in [-0.39, 0.29) is 0 Å². The maximum absolute atomic E-state index is 5.29. The lowest BCUT2D eigenvalue weighted by Gasteiger charge is -2.33. The quantitative estimate of drug-likeness (QED) is 0.917. The summed E-state index contributed by atoms with van der Waals surface area (Å²) in [5.41, 5.74) is 2.53. The van der Waals surface area contributed by atoms with Crippen molar-refractivity contribution in [1.82, 2.24) is 10.3 Å². The summed E-state index contributed by atoms with van der Waals surface area (Å²) in [5.74, 6) is 0. The number of fused-ring (bicyclic) bond motifs is 1. The van der Waals surface area contributed by atoms with E-state index in [1.165, 1.54) is 15.3 Å². The number of thiophene rings is 1. The Morgan fingerprint density at radius 3 is 3.14 bits per heavy atom. The second-order valence-corrected chi connectivity index (χ2v) is 7.31. The third kappa shape index (κ3) is 2.85. The standard InChI is InChI=1S/C15H21N3OS2/c1-10-11-5-7-20-13(11)4-6-18(10)15-17-12(9-19-3)14(21-15)8-16-2/h5,7,10,16H,4,6,8-9H2,1-3H3. The Hall–Kier alpha value is -0.950. The highest BCUT2D eigenvalue weighted by Gasteiger charge is 2.27. The van der Waals surface area contributed by atoms with Gasteiger partial charge in [0, 0.05) is 30.0 Å². The van der Waals surface area contributed by atoms with Crippen LogP contribution in [0.2, 0.25) is 0 Å². The molecule has 1 N–H and O–H groups in total. The van der Waals surface area contributed by atoms with Crippen LogP contribution in [0.25, 0.3) is 0 Å². The molecular weight excluding hydrogens is 302 g/mol. The number of hydrogen-bond acceptors (Lipinski definition) is 6. The monoisotopic (exact) mass is 323 g/mol. The second kappa shape index (κ2) is 6.44. The van der Waals surface area contributed by atoms with Gasteiger partial charge in [-0.1, -0.05) is 0 Å². The minimum absolute atomic E-state index is 0.406. The van der Waals surface area contributed by atoms with Crippen molar-refractivity contribution < 1.29 is 4.74 Å². The highest BCUT2D eigenvalue weighted by Crippen LogP contribution is 2.38. The fourth-order valence-corrected chi connectivity index (χ4v) is 4.96. The number of hydrogen-bond donors (Lipinski definition) is 1. The molecule has 2 aromatic heterocycles. The van der Waals surface area contributed by atoms with E-state index < -0.39 is 0 Å².